The van der Waals surface area contributed by atoms with E-state index in [2.05, 4.69) is 15.0 Å². The van der Waals surface area contributed by atoms with Crippen LogP contribution in [-0.2, 0) is 0 Å². The third kappa shape index (κ3) is 2.60. The monoisotopic (exact) mass is 285 g/mol. The Kier molecular flexibility index (Phi) is 3.30. The van der Waals surface area contributed by atoms with Gasteiger partial charge in [0.25, 0.3) is 0 Å². The number of rotatable bonds is 3. The van der Waals surface area contributed by atoms with E-state index in [1.54, 1.807) is 6.20 Å². The fraction of sp³-hybridized carbons (Fsp3) is 0.0714. The van der Waals surface area contributed by atoms with Gasteiger partial charge in [0, 0.05) is 17.1 Å². The highest BCUT2D eigenvalue weighted by Gasteiger charge is 2.12. The molecule has 0 aliphatic heterocycles. The van der Waals surface area contributed by atoms with Crippen LogP contribution in [0.3, 0.4) is 0 Å². The van der Waals surface area contributed by atoms with Gasteiger partial charge in [-0.05, 0) is 19.1 Å². The van der Waals surface area contributed by atoms with Crippen molar-refractivity contribution in [3.8, 4) is 17.4 Å². The molecule has 20 heavy (non-hydrogen) atoms. The van der Waals surface area contributed by atoms with Crippen molar-refractivity contribution in [3.63, 3.8) is 0 Å². The highest BCUT2D eigenvalue weighted by molar-refractivity contribution is 7.13. The highest BCUT2D eigenvalue weighted by Crippen LogP contribution is 2.26. The van der Waals surface area contributed by atoms with Crippen LogP contribution < -0.4 is 0 Å². The summed E-state index contributed by atoms with van der Waals surface area (Å²) >= 11 is 1.40. The minimum absolute atomic E-state index is 0.249. The molecule has 0 atom stereocenters. The second-order valence-corrected chi connectivity index (χ2v) is 5.02. The zero-order chi connectivity index (χ0) is 13.9. The Hall–Kier alpha value is -2.47. The molecule has 2 heterocycles. The maximum Gasteiger partial charge on any atom is 0.312 e. The van der Waals surface area contributed by atoms with Gasteiger partial charge in [-0.2, -0.15) is 0 Å². The van der Waals surface area contributed by atoms with Gasteiger partial charge in [0.1, 0.15) is 0 Å². The van der Waals surface area contributed by atoms with E-state index in [1.807, 2.05) is 36.6 Å². The summed E-state index contributed by atoms with van der Waals surface area (Å²) in [5.74, 6) is 0.115. The summed E-state index contributed by atoms with van der Waals surface area (Å²) in [6, 6.07) is 7.70. The first-order valence-electron chi connectivity index (χ1n) is 5.93. The van der Waals surface area contributed by atoms with Gasteiger partial charge in [-0.3, -0.25) is 0 Å². The maximum atomic E-state index is 9.74. The van der Waals surface area contributed by atoms with Crippen LogP contribution in [0, 0.1) is 6.92 Å². The predicted molar refractivity (Wildman–Crippen MR) is 77.7 cm³/mol. The van der Waals surface area contributed by atoms with Crippen LogP contribution in [0.5, 0.6) is 5.95 Å². The molecular weight excluding hydrogens is 274 g/mol. The largest absolute Gasteiger partial charge is 0.479 e. The average molecular weight is 285 g/mol. The summed E-state index contributed by atoms with van der Waals surface area (Å²) < 4.78 is 5.25. The van der Waals surface area contributed by atoms with E-state index in [9.17, 15) is 5.11 Å². The summed E-state index contributed by atoms with van der Waals surface area (Å²) in [6.07, 6.45) is 3.10. The number of hydrogen-bond donors (Lipinski definition) is 1. The van der Waals surface area contributed by atoms with E-state index in [1.165, 1.54) is 17.6 Å². The third-order valence-corrected chi connectivity index (χ3v) is 3.33. The van der Waals surface area contributed by atoms with Crippen LogP contribution in [0.4, 0.5) is 5.13 Å². The molecule has 0 bridgehead atoms. The molecule has 0 spiro atoms. The summed E-state index contributed by atoms with van der Waals surface area (Å²) in [7, 11) is 0. The lowest BCUT2D eigenvalue weighted by atomic mass is 10.1. The van der Waals surface area contributed by atoms with Crippen molar-refractivity contribution in [2.24, 2.45) is 4.99 Å². The molecule has 1 N–H and O–H groups in total. The summed E-state index contributed by atoms with van der Waals surface area (Å²) in [5.41, 5.74) is 2.24. The number of nitrogens with zero attached hydrogens (tertiary/aromatic N) is 3. The first-order chi connectivity index (χ1) is 9.72. The molecule has 3 aromatic rings. The van der Waals surface area contributed by atoms with Gasteiger partial charge in [-0.1, -0.05) is 17.7 Å². The molecule has 0 aliphatic carbocycles. The quantitative estimate of drug-likeness (QED) is 0.747. The molecule has 2 aromatic heterocycles. The van der Waals surface area contributed by atoms with Crippen molar-refractivity contribution >= 4 is 22.7 Å². The highest BCUT2D eigenvalue weighted by atomic mass is 32.1. The molecule has 0 radical (unpaired) electrons. The lowest BCUT2D eigenvalue weighted by molar-refractivity contribution is 0.337. The van der Waals surface area contributed by atoms with Gasteiger partial charge < -0.3 is 9.52 Å². The number of aliphatic imine (C=N–C) groups is 1. The van der Waals surface area contributed by atoms with Crippen LogP contribution in [0.1, 0.15) is 11.3 Å². The molecule has 0 unspecified atom stereocenters. The van der Waals surface area contributed by atoms with Crippen LogP contribution in [0.25, 0.3) is 11.5 Å². The summed E-state index contributed by atoms with van der Waals surface area (Å²) in [5, 5.41) is 12.2. The van der Waals surface area contributed by atoms with Crippen molar-refractivity contribution in [3.05, 3.63) is 47.1 Å². The van der Waals surface area contributed by atoms with E-state index < -0.39 is 0 Å². The summed E-state index contributed by atoms with van der Waals surface area (Å²) in [6.45, 7) is 2.00. The van der Waals surface area contributed by atoms with Crippen LogP contribution in [0.15, 0.2) is 45.3 Å². The molecule has 0 aliphatic rings. The number of oxazole rings is 1. The zero-order valence-electron chi connectivity index (χ0n) is 10.6. The minimum Gasteiger partial charge on any atom is -0.479 e. The van der Waals surface area contributed by atoms with Gasteiger partial charge in [0.2, 0.25) is 11.0 Å². The van der Waals surface area contributed by atoms with Crippen LogP contribution in [0.2, 0.25) is 0 Å². The fourth-order valence-electron chi connectivity index (χ4n) is 1.62. The Morgan fingerprint density at radius 1 is 1.30 bits per heavy atom. The van der Waals surface area contributed by atoms with Crippen molar-refractivity contribution in [2.75, 3.05) is 0 Å². The van der Waals surface area contributed by atoms with E-state index in [0.717, 1.165) is 11.1 Å². The smallest absolute Gasteiger partial charge is 0.312 e. The van der Waals surface area contributed by atoms with Crippen LogP contribution >= 0.6 is 11.3 Å². The van der Waals surface area contributed by atoms with Crippen molar-refractivity contribution in [1.82, 2.24) is 9.97 Å². The zero-order valence-corrected chi connectivity index (χ0v) is 11.5. The average Bonchev–Trinajstić information content (AvgIpc) is 3.07. The fourth-order valence-corrected chi connectivity index (χ4v) is 2.10. The SMILES string of the molecule is Cc1ccc(-c2nc(C=Nc3nccs3)c(O)o2)cc1. The van der Waals surface area contributed by atoms with Crippen molar-refractivity contribution < 1.29 is 9.52 Å². The molecule has 6 heteroatoms. The molecule has 0 saturated carbocycles. The number of thiazole rings is 1. The molecule has 0 fully saturated rings. The van der Waals surface area contributed by atoms with E-state index >= 15 is 0 Å². The van der Waals surface area contributed by atoms with Crippen molar-refractivity contribution in [1.29, 1.82) is 0 Å². The Balaban J connectivity index is 1.89. The lowest BCUT2D eigenvalue weighted by Crippen LogP contribution is -1.82. The van der Waals surface area contributed by atoms with Gasteiger partial charge in [0.05, 0.1) is 6.21 Å². The van der Waals surface area contributed by atoms with E-state index in [0.29, 0.717) is 11.0 Å². The molecule has 0 amide bonds. The number of aryl methyl sites for hydroxylation is 1. The first kappa shape index (κ1) is 12.6. The number of aromatic nitrogens is 2. The van der Waals surface area contributed by atoms with Gasteiger partial charge in [-0.25, -0.2) is 15.0 Å². The maximum absolute atomic E-state index is 9.74. The topological polar surface area (TPSA) is 71.5 Å². The van der Waals surface area contributed by atoms with E-state index in [-0.39, 0.29) is 11.6 Å². The van der Waals surface area contributed by atoms with E-state index in [4.69, 9.17) is 4.42 Å². The minimum atomic E-state index is -0.249. The van der Waals surface area contributed by atoms with Crippen LogP contribution in [-0.4, -0.2) is 21.3 Å². The van der Waals surface area contributed by atoms with Gasteiger partial charge in [-0.15, -0.1) is 11.3 Å². The third-order valence-electron chi connectivity index (χ3n) is 2.65. The normalized spacial score (nSPS) is 11.2. The molecule has 3 rings (SSSR count). The Morgan fingerprint density at radius 2 is 2.10 bits per heavy atom. The Morgan fingerprint density at radius 3 is 2.80 bits per heavy atom. The standard InChI is InChI=1S/C14H11N3O2S/c1-9-2-4-10(5-3-9)12-17-11(13(18)19-12)8-16-14-15-6-7-20-14/h2-8,18H,1H3. The number of benzene rings is 1. The predicted octanol–water partition coefficient (Wildman–Crippen LogP) is 3.56. The second-order valence-electron chi connectivity index (χ2n) is 4.15. The molecule has 1 aromatic carbocycles. The summed E-state index contributed by atoms with van der Waals surface area (Å²) in [4.78, 5) is 12.4. The second kappa shape index (κ2) is 5.26. The lowest BCUT2D eigenvalue weighted by Gasteiger charge is -1.95. The van der Waals surface area contributed by atoms with Crippen molar-refractivity contribution in [2.45, 2.75) is 6.92 Å². The van der Waals surface area contributed by atoms with Gasteiger partial charge in [0.15, 0.2) is 5.69 Å². The van der Waals surface area contributed by atoms with Gasteiger partial charge >= 0.3 is 5.95 Å². The number of aromatic hydroxyl groups is 1. The molecule has 5 nitrogen and oxygen atoms in total. The number of hydrogen-bond acceptors (Lipinski definition) is 6. The Bertz CT molecular complexity index is 730. The molecule has 0 saturated heterocycles. The Labute approximate surface area is 119 Å². The molecular formula is C14H11N3O2S. The molecule has 100 valence electrons. The first-order valence-corrected chi connectivity index (χ1v) is 6.81.